The Hall–Kier alpha value is -2.58. The topological polar surface area (TPSA) is 86.8 Å². The van der Waals surface area contributed by atoms with Gasteiger partial charge in [0.05, 0.1) is 11.9 Å². The SMILES string of the molecule is CCCCNC(=O)C(CC)N(Cc1ccc(C)cc1)C(=O)CN(c1cc(Cl)ccc1C)S(C)(=O)=O. The van der Waals surface area contributed by atoms with Crippen molar-refractivity contribution in [2.75, 3.05) is 23.7 Å². The summed E-state index contributed by atoms with van der Waals surface area (Å²) in [5.74, 6) is -0.709. The van der Waals surface area contributed by atoms with Gasteiger partial charge in [-0.15, -0.1) is 0 Å². The highest BCUT2D eigenvalue weighted by atomic mass is 35.5. The van der Waals surface area contributed by atoms with E-state index in [0.717, 1.165) is 34.5 Å². The van der Waals surface area contributed by atoms with Crippen molar-refractivity contribution in [3.63, 3.8) is 0 Å². The third kappa shape index (κ3) is 8.25. The van der Waals surface area contributed by atoms with Crippen molar-refractivity contribution in [3.05, 3.63) is 64.2 Å². The standard InChI is InChI=1S/C26H36ClN3O4S/c1-6-8-15-28-26(32)23(7-2)29(17-21-12-9-19(3)10-13-21)25(31)18-30(35(5,33)34)24-16-22(27)14-11-20(24)4/h9-14,16,23H,6-8,15,17-18H2,1-5H3,(H,28,32). The number of hydrogen-bond donors (Lipinski definition) is 1. The van der Waals surface area contributed by atoms with Crippen LogP contribution in [-0.2, 0) is 26.2 Å². The van der Waals surface area contributed by atoms with Crippen molar-refractivity contribution < 1.29 is 18.0 Å². The fraction of sp³-hybridized carbons (Fsp3) is 0.462. The lowest BCUT2D eigenvalue weighted by Crippen LogP contribution is -2.52. The number of sulfonamides is 1. The Morgan fingerprint density at radius 1 is 1.06 bits per heavy atom. The molecule has 1 atom stereocenters. The van der Waals surface area contributed by atoms with Crippen LogP contribution in [0, 0.1) is 13.8 Å². The van der Waals surface area contributed by atoms with E-state index in [2.05, 4.69) is 5.32 Å². The van der Waals surface area contributed by atoms with Crippen LogP contribution in [0.4, 0.5) is 5.69 Å². The molecule has 0 spiro atoms. The normalized spacial score (nSPS) is 12.2. The lowest BCUT2D eigenvalue weighted by atomic mass is 10.1. The van der Waals surface area contributed by atoms with E-state index in [-0.39, 0.29) is 12.5 Å². The minimum atomic E-state index is -3.81. The molecule has 2 aromatic rings. The predicted octanol–water partition coefficient (Wildman–Crippen LogP) is 4.45. The largest absolute Gasteiger partial charge is 0.354 e. The number of hydrogen-bond acceptors (Lipinski definition) is 4. The number of halogens is 1. The van der Waals surface area contributed by atoms with Crippen molar-refractivity contribution in [2.45, 2.75) is 59.5 Å². The zero-order chi connectivity index (χ0) is 26.2. The van der Waals surface area contributed by atoms with E-state index < -0.39 is 28.5 Å². The van der Waals surface area contributed by atoms with Gasteiger partial charge in [-0.25, -0.2) is 8.42 Å². The van der Waals surface area contributed by atoms with Gasteiger partial charge in [0.1, 0.15) is 12.6 Å². The number of nitrogens with zero attached hydrogens (tertiary/aromatic N) is 2. The molecule has 9 heteroatoms. The van der Waals surface area contributed by atoms with Crippen molar-refractivity contribution >= 4 is 39.1 Å². The van der Waals surface area contributed by atoms with Crippen LogP contribution in [0.1, 0.15) is 49.8 Å². The lowest BCUT2D eigenvalue weighted by Gasteiger charge is -2.33. The van der Waals surface area contributed by atoms with Gasteiger partial charge in [0.25, 0.3) is 0 Å². The van der Waals surface area contributed by atoms with Gasteiger partial charge in [0, 0.05) is 18.1 Å². The molecule has 0 aliphatic carbocycles. The van der Waals surface area contributed by atoms with E-state index in [4.69, 9.17) is 11.6 Å². The third-order valence-corrected chi connectivity index (χ3v) is 7.17. The number of nitrogens with one attached hydrogen (secondary N) is 1. The molecule has 35 heavy (non-hydrogen) atoms. The first kappa shape index (κ1) is 28.7. The molecule has 2 aromatic carbocycles. The maximum absolute atomic E-state index is 13.7. The number of unbranched alkanes of at least 4 members (excludes halogenated alkanes) is 1. The van der Waals surface area contributed by atoms with Crippen LogP contribution < -0.4 is 9.62 Å². The van der Waals surface area contributed by atoms with Crippen LogP contribution in [0.15, 0.2) is 42.5 Å². The molecule has 0 radical (unpaired) electrons. The van der Waals surface area contributed by atoms with Crippen molar-refractivity contribution in [2.24, 2.45) is 0 Å². The minimum absolute atomic E-state index is 0.185. The smallest absolute Gasteiger partial charge is 0.244 e. The number of benzene rings is 2. The first-order valence-electron chi connectivity index (χ1n) is 11.8. The molecule has 1 N–H and O–H groups in total. The van der Waals surface area contributed by atoms with Crippen molar-refractivity contribution in [1.29, 1.82) is 0 Å². The van der Waals surface area contributed by atoms with Crippen LogP contribution in [0.25, 0.3) is 0 Å². The average molecular weight is 522 g/mol. The van der Waals surface area contributed by atoms with Gasteiger partial charge >= 0.3 is 0 Å². The van der Waals surface area contributed by atoms with Gasteiger partial charge in [-0.2, -0.15) is 0 Å². The Morgan fingerprint density at radius 2 is 1.71 bits per heavy atom. The van der Waals surface area contributed by atoms with Gasteiger partial charge in [0.15, 0.2) is 0 Å². The summed E-state index contributed by atoms with van der Waals surface area (Å²) in [5, 5.41) is 3.28. The average Bonchev–Trinajstić information content (AvgIpc) is 2.79. The first-order chi connectivity index (χ1) is 16.5. The fourth-order valence-electron chi connectivity index (χ4n) is 3.76. The van der Waals surface area contributed by atoms with Crippen molar-refractivity contribution in [3.8, 4) is 0 Å². The van der Waals surface area contributed by atoms with E-state index in [1.165, 1.54) is 11.0 Å². The lowest BCUT2D eigenvalue weighted by molar-refractivity contribution is -0.140. The fourth-order valence-corrected chi connectivity index (χ4v) is 4.83. The number of anilines is 1. The number of carbonyl (C=O) groups is 2. The molecule has 0 aromatic heterocycles. The highest BCUT2D eigenvalue weighted by molar-refractivity contribution is 7.92. The van der Waals surface area contributed by atoms with Gasteiger partial charge < -0.3 is 10.2 Å². The molecule has 0 aliphatic heterocycles. The predicted molar refractivity (Wildman–Crippen MR) is 142 cm³/mol. The number of rotatable bonds is 12. The van der Waals surface area contributed by atoms with E-state index in [9.17, 15) is 18.0 Å². The Bertz CT molecular complexity index is 1120. The Balaban J connectivity index is 2.43. The van der Waals surface area contributed by atoms with Gasteiger partial charge in [-0.05, 0) is 49.9 Å². The van der Waals surface area contributed by atoms with E-state index in [1.54, 1.807) is 19.1 Å². The van der Waals surface area contributed by atoms with Crippen LogP contribution in [0.3, 0.4) is 0 Å². The summed E-state index contributed by atoms with van der Waals surface area (Å²) in [6.45, 7) is 7.88. The summed E-state index contributed by atoms with van der Waals surface area (Å²) in [7, 11) is -3.81. The molecule has 0 saturated heterocycles. The van der Waals surface area contributed by atoms with E-state index >= 15 is 0 Å². The van der Waals surface area contributed by atoms with E-state index in [0.29, 0.717) is 29.2 Å². The van der Waals surface area contributed by atoms with Gasteiger partial charge in [-0.1, -0.05) is 67.8 Å². The number of aryl methyl sites for hydroxylation is 2. The molecule has 2 rings (SSSR count). The zero-order valence-electron chi connectivity index (χ0n) is 21.2. The zero-order valence-corrected chi connectivity index (χ0v) is 22.7. The monoisotopic (exact) mass is 521 g/mol. The summed E-state index contributed by atoms with van der Waals surface area (Å²) < 4.78 is 26.5. The molecular weight excluding hydrogens is 486 g/mol. The summed E-state index contributed by atoms with van der Waals surface area (Å²) in [6.07, 6.45) is 3.22. The molecule has 0 fully saturated rings. The van der Waals surface area contributed by atoms with Crippen LogP contribution in [0.2, 0.25) is 5.02 Å². The van der Waals surface area contributed by atoms with E-state index in [1.807, 2.05) is 45.0 Å². The summed E-state index contributed by atoms with van der Waals surface area (Å²) in [5.41, 5.74) is 2.94. The van der Waals surface area contributed by atoms with Gasteiger partial charge in [-0.3, -0.25) is 13.9 Å². The molecule has 0 aliphatic rings. The highest BCUT2D eigenvalue weighted by Crippen LogP contribution is 2.27. The maximum Gasteiger partial charge on any atom is 0.244 e. The quantitative estimate of drug-likeness (QED) is 0.418. The molecule has 192 valence electrons. The second kappa shape index (κ2) is 12.9. The molecule has 7 nitrogen and oxygen atoms in total. The number of carbonyl (C=O) groups excluding carboxylic acids is 2. The summed E-state index contributed by atoms with van der Waals surface area (Å²) in [4.78, 5) is 28.2. The van der Waals surface area contributed by atoms with Crippen LogP contribution in [0.5, 0.6) is 0 Å². The molecule has 2 amide bonds. The van der Waals surface area contributed by atoms with Gasteiger partial charge in [0.2, 0.25) is 21.8 Å². The Kier molecular flexibility index (Phi) is 10.6. The maximum atomic E-state index is 13.7. The van der Waals surface area contributed by atoms with Crippen LogP contribution >= 0.6 is 11.6 Å². The summed E-state index contributed by atoms with van der Waals surface area (Å²) in [6, 6.07) is 11.9. The molecule has 0 heterocycles. The second-order valence-corrected chi connectivity index (χ2v) is 11.1. The Labute approximate surface area is 214 Å². The first-order valence-corrected chi connectivity index (χ1v) is 14.1. The molecule has 1 unspecified atom stereocenters. The Morgan fingerprint density at radius 3 is 2.29 bits per heavy atom. The number of amides is 2. The second-order valence-electron chi connectivity index (χ2n) is 8.78. The summed E-state index contributed by atoms with van der Waals surface area (Å²) >= 11 is 6.14. The molecular formula is C26H36ClN3O4S. The minimum Gasteiger partial charge on any atom is -0.354 e. The highest BCUT2D eigenvalue weighted by Gasteiger charge is 2.32. The molecule has 0 bridgehead atoms. The van der Waals surface area contributed by atoms with Crippen LogP contribution in [-0.4, -0.2) is 50.5 Å². The molecule has 0 saturated carbocycles. The third-order valence-electron chi connectivity index (χ3n) is 5.81. The van der Waals surface area contributed by atoms with Crippen molar-refractivity contribution in [1.82, 2.24) is 10.2 Å².